The van der Waals surface area contributed by atoms with E-state index in [1.165, 1.54) is 19.3 Å². The molecule has 0 aliphatic heterocycles. The standard InChI is InChI=1S/C10H13BrN2/c11-8-4-5-9(13-6-8)10(12)7-2-1-3-7/h4-7,10H,1-3,12H2/t10-/m1/s1. The van der Waals surface area contributed by atoms with Gasteiger partial charge in [-0.2, -0.15) is 0 Å². The molecule has 2 rings (SSSR count). The van der Waals surface area contributed by atoms with Gasteiger partial charge in [-0.15, -0.1) is 0 Å². The molecule has 2 nitrogen and oxygen atoms in total. The molecule has 3 heteroatoms. The minimum Gasteiger partial charge on any atom is -0.322 e. The fraction of sp³-hybridized carbons (Fsp3) is 0.500. The number of hydrogen-bond acceptors (Lipinski definition) is 2. The number of halogens is 1. The minimum atomic E-state index is 0.141. The van der Waals surface area contributed by atoms with Crippen molar-refractivity contribution >= 4 is 15.9 Å². The van der Waals surface area contributed by atoms with Gasteiger partial charge in [0.2, 0.25) is 0 Å². The smallest absolute Gasteiger partial charge is 0.0574 e. The molecule has 1 fully saturated rings. The summed E-state index contributed by atoms with van der Waals surface area (Å²) in [6, 6.07) is 4.15. The Kier molecular flexibility index (Phi) is 2.65. The predicted molar refractivity (Wildman–Crippen MR) is 56.2 cm³/mol. The molecule has 0 spiro atoms. The van der Waals surface area contributed by atoms with E-state index < -0.39 is 0 Å². The van der Waals surface area contributed by atoms with Gasteiger partial charge in [0.15, 0.2) is 0 Å². The Morgan fingerprint density at radius 1 is 1.46 bits per heavy atom. The summed E-state index contributed by atoms with van der Waals surface area (Å²) in [5.74, 6) is 0.661. The molecule has 1 atom stereocenters. The molecule has 0 unspecified atom stereocenters. The number of hydrogen-bond donors (Lipinski definition) is 1. The molecule has 0 aromatic carbocycles. The lowest BCUT2D eigenvalue weighted by atomic mass is 9.79. The van der Waals surface area contributed by atoms with Crippen molar-refractivity contribution in [1.82, 2.24) is 4.98 Å². The van der Waals surface area contributed by atoms with E-state index in [2.05, 4.69) is 20.9 Å². The first-order valence-corrected chi connectivity index (χ1v) is 5.43. The maximum Gasteiger partial charge on any atom is 0.0574 e. The Bertz CT molecular complexity index is 279. The molecular weight excluding hydrogens is 228 g/mol. The van der Waals surface area contributed by atoms with Crippen molar-refractivity contribution in [2.24, 2.45) is 11.7 Å². The number of aromatic nitrogens is 1. The molecule has 1 aliphatic carbocycles. The molecular formula is C10H13BrN2. The van der Waals surface area contributed by atoms with Crippen molar-refractivity contribution in [2.75, 3.05) is 0 Å². The Hall–Kier alpha value is -0.410. The molecule has 2 N–H and O–H groups in total. The summed E-state index contributed by atoms with van der Waals surface area (Å²) < 4.78 is 1.01. The second kappa shape index (κ2) is 3.76. The van der Waals surface area contributed by atoms with Crippen LogP contribution in [0.5, 0.6) is 0 Å². The van der Waals surface area contributed by atoms with Crippen molar-refractivity contribution in [1.29, 1.82) is 0 Å². The van der Waals surface area contributed by atoms with Crippen molar-refractivity contribution < 1.29 is 0 Å². The number of rotatable bonds is 2. The van der Waals surface area contributed by atoms with Crippen LogP contribution in [0.2, 0.25) is 0 Å². The first-order valence-electron chi connectivity index (χ1n) is 4.64. The first kappa shape index (κ1) is 9.16. The molecule has 0 radical (unpaired) electrons. The highest BCUT2D eigenvalue weighted by atomic mass is 79.9. The van der Waals surface area contributed by atoms with E-state index in [1.807, 2.05) is 18.3 Å². The average molecular weight is 241 g/mol. The SMILES string of the molecule is N[C@@H](c1ccc(Br)cn1)C1CCC1. The van der Waals surface area contributed by atoms with Gasteiger partial charge in [0.05, 0.1) is 5.69 Å². The van der Waals surface area contributed by atoms with E-state index in [-0.39, 0.29) is 6.04 Å². The van der Waals surface area contributed by atoms with Crippen molar-refractivity contribution in [3.05, 3.63) is 28.5 Å². The van der Waals surface area contributed by atoms with E-state index in [4.69, 9.17) is 5.73 Å². The third-order valence-electron chi connectivity index (χ3n) is 2.75. The summed E-state index contributed by atoms with van der Waals surface area (Å²) in [6.07, 6.45) is 5.67. The monoisotopic (exact) mass is 240 g/mol. The van der Waals surface area contributed by atoms with Crippen LogP contribution in [0, 0.1) is 5.92 Å². The van der Waals surface area contributed by atoms with Gasteiger partial charge in [0, 0.05) is 16.7 Å². The number of pyridine rings is 1. The minimum absolute atomic E-state index is 0.141. The number of nitrogens with zero attached hydrogens (tertiary/aromatic N) is 1. The third-order valence-corrected chi connectivity index (χ3v) is 3.22. The molecule has 0 amide bonds. The normalized spacial score (nSPS) is 19.5. The van der Waals surface area contributed by atoms with Crippen LogP contribution in [0.15, 0.2) is 22.8 Å². The van der Waals surface area contributed by atoms with Crippen LogP contribution in [-0.2, 0) is 0 Å². The second-order valence-electron chi connectivity index (χ2n) is 3.62. The highest BCUT2D eigenvalue weighted by Crippen LogP contribution is 2.35. The second-order valence-corrected chi connectivity index (χ2v) is 4.53. The summed E-state index contributed by atoms with van der Waals surface area (Å²) in [6.45, 7) is 0. The molecule has 1 heterocycles. The summed E-state index contributed by atoms with van der Waals surface area (Å²) >= 11 is 3.36. The Labute approximate surface area is 86.7 Å². The molecule has 1 aliphatic rings. The average Bonchev–Trinajstić information content (AvgIpc) is 2.02. The molecule has 13 heavy (non-hydrogen) atoms. The lowest BCUT2D eigenvalue weighted by Gasteiger charge is -2.30. The topological polar surface area (TPSA) is 38.9 Å². The van der Waals surface area contributed by atoms with E-state index in [0.29, 0.717) is 5.92 Å². The van der Waals surface area contributed by atoms with E-state index >= 15 is 0 Å². The zero-order chi connectivity index (χ0) is 9.26. The maximum absolute atomic E-state index is 6.07. The summed E-state index contributed by atoms with van der Waals surface area (Å²) in [5, 5.41) is 0. The van der Waals surface area contributed by atoms with Crippen LogP contribution in [0.1, 0.15) is 31.0 Å². The van der Waals surface area contributed by atoms with Crippen LogP contribution in [-0.4, -0.2) is 4.98 Å². The van der Waals surface area contributed by atoms with Gasteiger partial charge in [-0.25, -0.2) is 0 Å². The van der Waals surface area contributed by atoms with Gasteiger partial charge in [-0.05, 0) is 46.8 Å². The lowest BCUT2D eigenvalue weighted by molar-refractivity contribution is 0.261. The van der Waals surface area contributed by atoms with Crippen LogP contribution in [0.4, 0.5) is 0 Å². The largest absolute Gasteiger partial charge is 0.322 e. The van der Waals surface area contributed by atoms with Crippen molar-refractivity contribution in [3.8, 4) is 0 Å². The summed E-state index contributed by atoms with van der Waals surface area (Å²) in [4.78, 5) is 4.31. The lowest BCUT2D eigenvalue weighted by Crippen LogP contribution is -2.27. The van der Waals surface area contributed by atoms with Gasteiger partial charge >= 0.3 is 0 Å². The Balaban J connectivity index is 2.10. The van der Waals surface area contributed by atoms with Crippen LogP contribution < -0.4 is 5.73 Å². The van der Waals surface area contributed by atoms with Crippen molar-refractivity contribution in [2.45, 2.75) is 25.3 Å². The predicted octanol–water partition coefficient (Wildman–Crippen LogP) is 2.64. The van der Waals surface area contributed by atoms with E-state index in [9.17, 15) is 0 Å². The highest BCUT2D eigenvalue weighted by Gasteiger charge is 2.26. The zero-order valence-electron chi connectivity index (χ0n) is 7.41. The molecule has 70 valence electrons. The van der Waals surface area contributed by atoms with Crippen LogP contribution >= 0.6 is 15.9 Å². The molecule has 1 aromatic rings. The molecule has 0 saturated heterocycles. The molecule has 0 bridgehead atoms. The maximum atomic E-state index is 6.07. The van der Waals surface area contributed by atoms with Crippen LogP contribution in [0.3, 0.4) is 0 Å². The van der Waals surface area contributed by atoms with Crippen molar-refractivity contribution in [3.63, 3.8) is 0 Å². The Morgan fingerprint density at radius 2 is 2.23 bits per heavy atom. The first-order chi connectivity index (χ1) is 6.27. The Morgan fingerprint density at radius 3 is 2.69 bits per heavy atom. The zero-order valence-corrected chi connectivity index (χ0v) is 9.00. The fourth-order valence-corrected chi connectivity index (χ4v) is 1.86. The third kappa shape index (κ3) is 1.92. The quantitative estimate of drug-likeness (QED) is 0.864. The van der Waals surface area contributed by atoms with Gasteiger partial charge < -0.3 is 5.73 Å². The summed E-state index contributed by atoms with van der Waals surface area (Å²) in [7, 11) is 0. The molecule has 1 aromatic heterocycles. The van der Waals surface area contributed by atoms with Gasteiger partial charge in [0.1, 0.15) is 0 Å². The van der Waals surface area contributed by atoms with Gasteiger partial charge in [0.25, 0.3) is 0 Å². The molecule has 1 saturated carbocycles. The van der Waals surface area contributed by atoms with E-state index in [0.717, 1.165) is 10.2 Å². The fourth-order valence-electron chi connectivity index (χ4n) is 1.62. The van der Waals surface area contributed by atoms with E-state index in [1.54, 1.807) is 0 Å². The summed E-state index contributed by atoms with van der Waals surface area (Å²) in [5.41, 5.74) is 7.09. The highest BCUT2D eigenvalue weighted by molar-refractivity contribution is 9.10. The van der Waals surface area contributed by atoms with Gasteiger partial charge in [-0.1, -0.05) is 6.42 Å². The number of nitrogens with two attached hydrogens (primary N) is 1. The van der Waals surface area contributed by atoms with Gasteiger partial charge in [-0.3, -0.25) is 4.98 Å². The van der Waals surface area contributed by atoms with Crippen LogP contribution in [0.25, 0.3) is 0 Å².